The Morgan fingerprint density at radius 1 is 1.30 bits per heavy atom. The monoisotopic (exact) mass is 279 g/mol. The number of hydrogen-bond donors (Lipinski definition) is 0. The Bertz CT molecular complexity index is 404. The lowest BCUT2D eigenvalue weighted by Crippen LogP contribution is -2.38. The molecule has 110 valence electrons. The van der Waals surface area contributed by atoms with Gasteiger partial charge in [0.15, 0.2) is 6.10 Å². The van der Waals surface area contributed by atoms with E-state index in [0.29, 0.717) is 6.61 Å². The van der Waals surface area contributed by atoms with Gasteiger partial charge >= 0.3 is 5.97 Å². The zero-order valence-corrected chi connectivity index (χ0v) is 11.8. The summed E-state index contributed by atoms with van der Waals surface area (Å²) in [5, 5.41) is 0. The fourth-order valence-electron chi connectivity index (χ4n) is 2.16. The van der Waals surface area contributed by atoms with Crippen molar-refractivity contribution >= 4 is 5.97 Å². The Morgan fingerprint density at radius 2 is 2.00 bits per heavy atom. The van der Waals surface area contributed by atoms with Gasteiger partial charge in [-0.25, -0.2) is 4.79 Å². The van der Waals surface area contributed by atoms with Crippen molar-refractivity contribution in [2.24, 2.45) is 0 Å². The van der Waals surface area contributed by atoms with Crippen LogP contribution in [0.3, 0.4) is 0 Å². The molecule has 0 N–H and O–H groups in total. The first kappa shape index (κ1) is 15.0. The molecule has 0 spiro atoms. The molecular formula is C15H21NO4. The summed E-state index contributed by atoms with van der Waals surface area (Å²) in [7, 11) is 1.38. The Hall–Kier alpha value is -1.43. The highest BCUT2D eigenvalue weighted by Gasteiger charge is 2.22. The highest BCUT2D eigenvalue weighted by Crippen LogP contribution is 2.18. The topological polar surface area (TPSA) is 48.0 Å². The number of methoxy groups -OCH3 is 1. The molecule has 1 fully saturated rings. The maximum atomic E-state index is 11.8. The van der Waals surface area contributed by atoms with Gasteiger partial charge in [0.05, 0.1) is 26.9 Å². The van der Waals surface area contributed by atoms with Gasteiger partial charge < -0.3 is 14.2 Å². The van der Waals surface area contributed by atoms with E-state index in [1.165, 1.54) is 7.11 Å². The predicted molar refractivity (Wildman–Crippen MR) is 74.4 cm³/mol. The van der Waals surface area contributed by atoms with Crippen LogP contribution in [0.15, 0.2) is 30.3 Å². The molecule has 1 heterocycles. The van der Waals surface area contributed by atoms with Gasteiger partial charge in [0.1, 0.15) is 0 Å². The number of hydrogen-bond acceptors (Lipinski definition) is 5. The molecule has 20 heavy (non-hydrogen) atoms. The molecule has 1 saturated heterocycles. The van der Waals surface area contributed by atoms with E-state index in [9.17, 15) is 4.79 Å². The first-order chi connectivity index (χ1) is 9.81. The third kappa shape index (κ3) is 4.30. The van der Waals surface area contributed by atoms with E-state index in [1.807, 2.05) is 30.3 Å². The van der Waals surface area contributed by atoms with E-state index in [0.717, 1.165) is 38.4 Å². The maximum Gasteiger partial charge on any atom is 0.339 e. The van der Waals surface area contributed by atoms with E-state index in [-0.39, 0.29) is 5.97 Å². The van der Waals surface area contributed by atoms with Gasteiger partial charge in [0.25, 0.3) is 0 Å². The van der Waals surface area contributed by atoms with Gasteiger partial charge in [0, 0.05) is 19.6 Å². The molecule has 5 heteroatoms. The van der Waals surface area contributed by atoms with Gasteiger partial charge in [-0.15, -0.1) is 0 Å². The number of benzene rings is 1. The molecule has 2 rings (SSSR count). The normalized spacial score (nSPS) is 17.6. The van der Waals surface area contributed by atoms with Crippen molar-refractivity contribution in [2.75, 3.05) is 46.6 Å². The van der Waals surface area contributed by atoms with Crippen molar-refractivity contribution in [3.05, 3.63) is 35.9 Å². The van der Waals surface area contributed by atoms with Crippen molar-refractivity contribution in [3.63, 3.8) is 0 Å². The summed E-state index contributed by atoms with van der Waals surface area (Å²) < 4.78 is 15.8. The summed E-state index contributed by atoms with van der Waals surface area (Å²) >= 11 is 0. The molecule has 5 nitrogen and oxygen atoms in total. The zero-order chi connectivity index (χ0) is 14.2. The number of ether oxygens (including phenoxy) is 3. The molecule has 0 amide bonds. The fraction of sp³-hybridized carbons (Fsp3) is 0.533. The van der Waals surface area contributed by atoms with Crippen molar-refractivity contribution < 1.29 is 19.0 Å². The first-order valence-corrected chi connectivity index (χ1v) is 6.85. The SMILES string of the molecule is COC(=O)C(OCCN1CCOCC1)c1ccccc1. The van der Waals surface area contributed by atoms with Gasteiger partial charge in [-0.3, -0.25) is 4.90 Å². The van der Waals surface area contributed by atoms with Crippen LogP contribution in [0.25, 0.3) is 0 Å². The molecule has 1 aromatic carbocycles. The average Bonchev–Trinajstić information content (AvgIpc) is 2.53. The first-order valence-electron chi connectivity index (χ1n) is 6.85. The smallest absolute Gasteiger partial charge is 0.339 e. The Labute approximate surface area is 119 Å². The predicted octanol–water partition coefficient (Wildman–Crippen LogP) is 1.25. The lowest BCUT2D eigenvalue weighted by molar-refractivity contribution is -0.155. The highest BCUT2D eigenvalue weighted by atomic mass is 16.6. The standard InChI is InChI=1S/C15H21NO4/c1-18-15(17)14(13-5-3-2-4-6-13)20-12-9-16-7-10-19-11-8-16/h2-6,14H,7-12H2,1H3. The van der Waals surface area contributed by atoms with Crippen LogP contribution in [0.5, 0.6) is 0 Å². The summed E-state index contributed by atoms with van der Waals surface area (Å²) in [4.78, 5) is 14.1. The van der Waals surface area contributed by atoms with E-state index in [2.05, 4.69) is 4.90 Å². The number of rotatable bonds is 6. The third-order valence-corrected chi connectivity index (χ3v) is 3.31. The zero-order valence-electron chi connectivity index (χ0n) is 11.8. The lowest BCUT2D eigenvalue weighted by atomic mass is 10.1. The summed E-state index contributed by atoms with van der Waals surface area (Å²) in [6.07, 6.45) is -0.651. The molecule has 1 atom stereocenters. The van der Waals surface area contributed by atoms with Crippen LogP contribution in [0, 0.1) is 0 Å². The Morgan fingerprint density at radius 3 is 2.65 bits per heavy atom. The number of nitrogens with zero attached hydrogens (tertiary/aromatic N) is 1. The van der Waals surface area contributed by atoms with Crippen molar-refractivity contribution in [3.8, 4) is 0 Å². The third-order valence-electron chi connectivity index (χ3n) is 3.31. The number of esters is 1. The Balaban J connectivity index is 1.86. The quantitative estimate of drug-likeness (QED) is 0.733. The van der Waals surface area contributed by atoms with Crippen LogP contribution in [-0.4, -0.2) is 57.4 Å². The van der Waals surface area contributed by atoms with E-state index < -0.39 is 6.10 Å². The van der Waals surface area contributed by atoms with Crippen LogP contribution >= 0.6 is 0 Å². The summed E-state index contributed by atoms with van der Waals surface area (Å²) in [6.45, 7) is 4.64. The number of morpholine rings is 1. The van der Waals surface area contributed by atoms with Gasteiger partial charge in [-0.05, 0) is 5.56 Å². The van der Waals surface area contributed by atoms with Gasteiger partial charge in [-0.1, -0.05) is 30.3 Å². The molecule has 0 saturated carbocycles. The highest BCUT2D eigenvalue weighted by molar-refractivity contribution is 5.76. The second-order valence-corrected chi connectivity index (χ2v) is 4.64. The summed E-state index contributed by atoms with van der Waals surface area (Å²) in [5.74, 6) is -0.363. The summed E-state index contributed by atoms with van der Waals surface area (Å²) in [6, 6.07) is 9.42. The Kier molecular flexibility index (Phi) is 5.98. The minimum absolute atomic E-state index is 0.363. The lowest BCUT2D eigenvalue weighted by Gasteiger charge is -2.27. The van der Waals surface area contributed by atoms with E-state index in [4.69, 9.17) is 14.2 Å². The molecule has 1 aliphatic heterocycles. The van der Waals surface area contributed by atoms with Gasteiger partial charge in [-0.2, -0.15) is 0 Å². The molecule has 0 aliphatic carbocycles. The van der Waals surface area contributed by atoms with Gasteiger partial charge in [0.2, 0.25) is 0 Å². The van der Waals surface area contributed by atoms with E-state index in [1.54, 1.807) is 0 Å². The van der Waals surface area contributed by atoms with Crippen molar-refractivity contribution in [1.82, 2.24) is 4.90 Å². The molecule has 1 aromatic rings. The molecule has 0 radical (unpaired) electrons. The van der Waals surface area contributed by atoms with Crippen molar-refractivity contribution in [2.45, 2.75) is 6.10 Å². The minimum atomic E-state index is -0.651. The number of carbonyl (C=O) groups is 1. The average molecular weight is 279 g/mol. The van der Waals surface area contributed by atoms with Crippen LogP contribution in [0.4, 0.5) is 0 Å². The molecule has 1 unspecified atom stereocenters. The van der Waals surface area contributed by atoms with E-state index >= 15 is 0 Å². The number of carbonyl (C=O) groups excluding carboxylic acids is 1. The summed E-state index contributed by atoms with van der Waals surface area (Å²) in [5.41, 5.74) is 0.821. The fourth-order valence-corrected chi connectivity index (χ4v) is 2.16. The van der Waals surface area contributed by atoms with Crippen molar-refractivity contribution in [1.29, 1.82) is 0 Å². The van der Waals surface area contributed by atoms with Crippen LogP contribution < -0.4 is 0 Å². The largest absolute Gasteiger partial charge is 0.467 e. The second-order valence-electron chi connectivity index (χ2n) is 4.64. The van der Waals surface area contributed by atoms with Crippen LogP contribution in [-0.2, 0) is 19.0 Å². The minimum Gasteiger partial charge on any atom is -0.467 e. The molecule has 1 aliphatic rings. The molecular weight excluding hydrogens is 258 g/mol. The maximum absolute atomic E-state index is 11.8. The second kappa shape index (κ2) is 7.99. The van der Waals surface area contributed by atoms with Crippen LogP contribution in [0.2, 0.25) is 0 Å². The molecule has 0 bridgehead atoms. The molecule has 0 aromatic heterocycles. The van der Waals surface area contributed by atoms with Crippen LogP contribution in [0.1, 0.15) is 11.7 Å².